The lowest BCUT2D eigenvalue weighted by Crippen LogP contribution is -2.35. The van der Waals surface area contributed by atoms with Crippen LogP contribution in [0.3, 0.4) is 0 Å². The molecule has 92 valence electrons. The van der Waals surface area contributed by atoms with Crippen LogP contribution in [0.1, 0.15) is 0 Å². The van der Waals surface area contributed by atoms with Crippen LogP contribution >= 0.6 is 0 Å². The number of pyridine rings is 1. The van der Waals surface area contributed by atoms with Gasteiger partial charge in [-0.15, -0.1) is 0 Å². The van der Waals surface area contributed by atoms with E-state index in [1.807, 2.05) is 0 Å². The maximum absolute atomic E-state index is 10.8. The van der Waals surface area contributed by atoms with Crippen LogP contribution in [-0.4, -0.2) is 33.2 Å². The molecule has 0 spiro atoms. The van der Waals surface area contributed by atoms with Gasteiger partial charge in [0.05, 0.1) is 0 Å². The van der Waals surface area contributed by atoms with Gasteiger partial charge in [-0.2, -0.15) is 0 Å². The third-order valence-corrected chi connectivity index (χ3v) is 2.29. The number of ether oxygens (including phenoxy) is 1. The smallest absolute Gasteiger partial charge is 0.356 e. The Labute approximate surface area is 101 Å². The summed E-state index contributed by atoms with van der Waals surface area (Å²) in [6, 6.07) is 8.38. The summed E-state index contributed by atoms with van der Waals surface area (Å²) in [6.07, 6.45) is -0.427. The predicted molar refractivity (Wildman–Crippen MR) is 61.4 cm³/mol. The lowest BCUT2D eigenvalue weighted by atomic mass is 10.2. The molecule has 6 heteroatoms. The van der Waals surface area contributed by atoms with E-state index in [1.165, 1.54) is 12.3 Å². The van der Waals surface area contributed by atoms with E-state index in [9.17, 15) is 9.59 Å². The van der Waals surface area contributed by atoms with Crippen LogP contribution in [0.4, 0.5) is 0 Å². The summed E-state index contributed by atoms with van der Waals surface area (Å²) in [5.74, 6) is -2.99. The van der Waals surface area contributed by atoms with Crippen molar-refractivity contribution in [2.45, 2.75) is 6.10 Å². The molecule has 0 atom stereocenters. The second-order valence-corrected chi connectivity index (χ2v) is 3.51. The van der Waals surface area contributed by atoms with Crippen LogP contribution in [0.2, 0.25) is 0 Å². The van der Waals surface area contributed by atoms with Crippen molar-refractivity contribution in [2.75, 3.05) is 0 Å². The molecular weight excluding hydrogens is 238 g/mol. The van der Waals surface area contributed by atoms with Crippen molar-refractivity contribution >= 4 is 22.8 Å². The molecule has 6 nitrogen and oxygen atoms in total. The zero-order valence-corrected chi connectivity index (χ0v) is 9.11. The molecule has 0 fully saturated rings. The third kappa shape index (κ3) is 2.22. The number of para-hydroxylation sites is 1. The molecule has 2 rings (SSSR count). The highest BCUT2D eigenvalue weighted by Gasteiger charge is 2.28. The van der Waals surface area contributed by atoms with Gasteiger partial charge in [0.25, 0.3) is 6.10 Å². The van der Waals surface area contributed by atoms with Crippen molar-refractivity contribution in [1.29, 1.82) is 0 Å². The van der Waals surface area contributed by atoms with Crippen LogP contribution in [-0.2, 0) is 9.59 Å². The number of rotatable bonds is 4. The molecule has 0 aliphatic carbocycles. The molecule has 0 saturated carbocycles. The third-order valence-electron chi connectivity index (χ3n) is 2.29. The summed E-state index contributed by atoms with van der Waals surface area (Å²) in [7, 11) is 0. The largest absolute Gasteiger partial charge is 0.478 e. The maximum atomic E-state index is 10.8. The Kier molecular flexibility index (Phi) is 3.09. The molecule has 0 unspecified atom stereocenters. The number of hydrogen-bond donors (Lipinski definition) is 2. The van der Waals surface area contributed by atoms with Crippen LogP contribution < -0.4 is 4.74 Å². The van der Waals surface area contributed by atoms with E-state index in [-0.39, 0.29) is 5.75 Å². The highest BCUT2D eigenvalue weighted by Crippen LogP contribution is 2.24. The maximum Gasteiger partial charge on any atom is 0.356 e. The molecule has 1 aromatic carbocycles. The predicted octanol–water partition coefficient (Wildman–Crippen LogP) is 1.15. The molecule has 2 N–H and O–H groups in total. The summed E-state index contributed by atoms with van der Waals surface area (Å²) in [5, 5.41) is 18.2. The minimum atomic E-state index is -1.95. The molecule has 0 aliphatic heterocycles. The molecule has 1 aromatic heterocycles. The van der Waals surface area contributed by atoms with Crippen LogP contribution in [0.15, 0.2) is 36.5 Å². The van der Waals surface area contributed by atoms with E-state index in [0.29, 0.717) is 5.52 Å². The number of fused-ring (bicyclic) bond motifs is 1. The van der Waals surface area contributed by atoms with E-state index < -0.39 is 18.0 Å². The van der Waals surface area contributed by atoms with Crippen LogP contribution in [0.5, 0.6) is 5.75 Å². The lowest BCUT2D eigenvalue weighted by molar-refractivity contribution is -0.158. The van der Waals surface area contributed by atoms with Gasteiger partial charge in [-0.3, -0.25) is 4.98 Å². The highest BCUT2D eigenvalue weighted by molar-refractivity contribution is 5.97. The minimum Gasteiger partial charge on any atom is -0.478 e. The number of benzene rings is 1. The molecule has 0 bridgehead atoms. The summed E-state index contributed by atoms with van der Waals surface area (Å²) in [5.41, 5.74) is 0.424. The van der Waals surface area contributed by atoms with Gasteiger partial charge in [0, 0.05) is 11.6 Å². The second-order valence-electron chi connectivity index (χ2n) is 3.51. The van der Waals surface area contributed by atoms with Gasteiger partial charge in [0.15, 0.2) is 0 Å². The molecule has 18 heavy (non-hydrogen) atoms. The van der Waals surface area contributed by atoms with Gasteiger partial charge in [0.2, 0.25) is 0 Å². The Morgan fingerprint density at radius 2 is 1.78 bits per heavy atom. The monoisotopic (exact) mass is 247 g/mol. The molecule has 0 aliphatic rings. The molecular formula is C12H9NO5. The molecule has 1 heterocycles. The van der Waals surface area contributed by atoms with Gasteiger partial charge in [-0.1, -0.05) is 18.2 Å². The van der Waals surface area contributed by atoms with Crippen molar-refractivity contribution in [2.24, 2.45) is 0 Å². The Balaban J connectivity index is 2.42. The first-order valence-corrected chi connectivity index (χ1v) is 5.05. The number of carboxylic acid groups (broad SMARTS) is 2. The Morgan fingerprint density at radius 3 is 2.44 bits per heavy atom. The first-order chi connectivity index (χ1) is 8.59. The van der Waals surface area contributed by atoms with E-state index in [1.54, 1.807) is 24.3 Å². The number of aliphatic carboxylic acids is 2. The standard InChI is InChI=1S/C12H9NO5/c14-11(15)10(12(16)17)18-8-5-1-3-7-4-2-6-13-9(7)8/h1-6,10H,(H,14,15)(H,16,17). The van der Waals surface area contributed by atoms with Crippen LogP contribution in [0.25, 0.3) is 10.9 Å². The average Bonchev–Trinajstić information content (AvgIpc) is 2.35. The van der Waals surface area contributed by atoms with Gasteiger partial charge in [0.1, 0.15) is 11.3 Å². The first-order valence-electron chi connectivity index (χ1n) is 5.05. The minimum absolute atomic E-state index is 0.128. The Hall–Kier alpha value is -2.63. The van der Waals surface area contributed by atoms with Gasteiger partial charge < -0.3 is 14.9 Å². The SMILES string of the molecule is O=C(O)C(Oc1cccc2cccnc12)C(=O)O. The Bertz CT molecular complexity index is 591. The number of carboxylic acids is 2. The first kappa shape index (κ1) is 11.8. The normalized spacial score (nSPS) is 10.5. The topological polar surface area (TPSA) is 96.7 Å². The molecule has 0 saturated heterocycles. The summed E-state index contributed by atoms with van der Waals surface area (Å²) in [6.45, 7) is 0. The fourth-order valence-corrected chi connectivity index (χ4v) is 1.50. The van der Waals surface area contributed by atoms with E-state index >= 15 is 0 Å². The summed E-state index contributed by atoms with van der Waals surface area (Å²) >= 11 is 0. The van der Waals surface area contributed by atoms with Crippen LogP contribution in [0, 0.1) is 0 Å². The van der Waals surface area contributed by atoms with Crippen molar-refractivity contribution in [1.82, 2.24) is 4.98 Å². The lowest BCUT2D eigenvalue weighted by Gasteiger charge is -2.12. The van der Waals surface area contributed by atoms with E-state index in [2.05, 4.69) is 4.98 Å². The number of carbonyl (C=O) groups is 2. The van der Waals surface area contributed by atoms with Crippen molar-refractivity contribution in [3.05, 3.63) is 36.5 Å². The van der Waals surface area contributed by atoms with Crippen molar-refractivity contribution in [3.8, 4) is 5.75 Å². The zero-order valence-electron chi connectivity index (χ0n) is 9.11. The molecule has 0 amide bonds. The average molecular weight is 247 g/mol. The molecule has 0 radical (unpaired) electrons. The highest BCUT2D eigenvalue weighted by atomic mass is 16.5. The Morgan fingerprint density at radius 1 is 1.11 bits per heavy atom. The number of aromatic nitrogens is 1. The van der Waals surface area contributed by atoms with Gasteiger partial charge >= 0.3 is 11.9 Å². The fraction of sp³-hybridized carbons (Fsp3) is 0.0833. The second kappa shape index (κ2) is 4.70. The van der Waals surface area contributed by atoms with E-state index in [4.69, 9.17) is 14.9 Å². The zero-order chi connectivity index (χ0) is 13.1. The van der Waals surface area contributed by atoms with Gasteiger partial charge in [-0.05, 0) is 12.1 Å². The van der Waals surface area contributed by atoms with Crippen molar-refractivity contribution in [3.63, 3.8) is 0 Å². The number of nitrogens with zero attached hydrogens (tertiary/aromatic N) is 1. The molecule has 2 aromatic rings. The quantitative estimate of drug-likeness (QED) is 0.786. The summed E-state index contributed by atoms with van der Waals surface area (Å²) < 4.78 is 4.99. The van der Waals surface area contributed by atoms with Crippen molar-refractivity contribution < 1.29 is 24.5 Å². The van der Waals surface area contributed by atoms with Gasteiger partial charge in [-0.25, -0.2) is 9.59 Å². The number of hydrogen-bond acceptors (Lipinski definition) is 4. The van der Waals surface area contributed by atoms with E-state index in [0.717, 1.165) is 5.39 Å². The fourth-order valence-electron chi connectivity index (χ4n) is 1.50. The summed E-state index contributed by atoms with van der Waals surface area (Å²) in [4.78, 5) is 25.6.